The second-order valence-corrected chi connectivity index (χ2v) is 9.83. The van der Waals surface area contributed by atoms with Crippen LogP contribution >= 0.6 is 15.9 Å². The summed E-state index contributed by atoms with van der Waals surface area (Å²) in [6.07, 6.45) is 1.43. The molecule has 9 heteroatoms. The molecule has 4 aromatic rings. The summed E-state index contributed by atoms with van der Waals surface area (Å²) in [6, 6.07) is 25.4. The third-order valence-electron chi connectivity index (χ3n) is 6.22. The van der Waals surface area contributed by atoms with Gasteiger partial charge in [-0.05, 0) is 88.6 Å². The molecule has 206 valence electrons. The second kappa shape index (κ2) is 12.2. The number of barbiturate groups is 1. The first-order valence-electron chi connectivity index (χ1n) is 12.8. The fourth-order valence-electron chi connectivity index (χ4n) is 4.32. The lowest BCUT2D eigenvalue weighted by Crippen LogP contribution is -2.57. The van der Waals surface area contributed by atoms with E-state index in [1.807, 2.05) is 6.92 Å². The molecule has 1 heterocycles. The number of benzene rings is 4. The van der Waals surface area contributed by atoms with Gasteiger partial charge in [-0.3, -0.25) is 9.59 Å². The van der Waals surface area contributed by atoms with Gasteiger partial charge in [-0.15, -0.1) is 0 Å². The van der Waals surface area contributed by atoms with E-state index in [9.17, 15) is 18.8 Å². The Labute approximate surface area is 244 Å². The zero-order chi connectivity index (χ0) is 28.9. The highest BCUT2D eigenvalue weighted by atomic mass is 79.9. The minimum absolute atomic E-state index is 0.163. The topological polar surface area (TPSA) is 76.2 Å². The van der Waals surface area contributed by atoms with Crippen molar-refractivity contribution < 1.29 is 28.2 Å². The van der Waals surface area contributed by atoms with Crippen molar-refractivity contribution in [2.75, 3.05) is 16.4 Å². The first-order chi connectivity index (χ1) is 19.9. The van der Waals surface area contributed by atoms with Gasteiger partial charge in [0.1, 0.15) is 18.0 Å². The van der Waals surface area contributed by atoms with Gasteiger partial charge in [-0.1, -0.05) is 48.5 Å². The van der Waals surface area contributed by atoms with E-state index in [0.29, 0.717) is 39.5 Å². The number of hydrogen-bond donors (Lipinski definition) is 0. The van der Waals surface area contributed by atoms with Crippen LogP contribution in [0.5, 0.6) is 11.5 Å². The van der Waals surface area contributed by atoms with E-state index in [2.05, 4.69) is 15.9 Å². The van der Waals surface area contributed by atoms with Crippen LogP contribution in [0, 0.1) is 5.82 Å². The average Bonchev–Trinajstić information content (AvgIpc) is 2.97. The summed E-state index contributed by atoms with van der Waals surface area (Å²) in [4.78, 5) is 42.8. The van der Waals surface area contributed by atoms with E-state index < -0.39 is 17.8 Å². The van der Waals surface area contributed by atoms with Crippen molar-refractivity contribution in [3.8, 4) is 11.5 Å². The summed E-state index contributed by atoms with van der Waals surface area (Å²) < 4.78 is 25.6. The number of urea groups is 1. The molecule has 0 saturated carbocycles. The van der Waals surface area contributed by atoms with E-state index in [-0.39, 0.29) is 18.0 Å². The fourth-order valence-corrected chi connectivity index (χ4v) is 4.89. The molecular formula is C32H24BrFN2O5. The maximum Gasteiger partial charge on any atom is 0.343 e. The van der Waals surface area contributed by atoms with E-state index in [1.165, 1.54) is 18.2 Å². The molecule has 1 fully saturated rings. The van der Waals surface area contributed by atoms with Crippen molar-refractivity contribution in [1.82, 2.24) is 0 Å². The molecular weight excluding hydrogens is 591 g/mol. The minimum atomic E-state index is -0.768. The number of anilines is 2. The Morgan fingerprint density at radius 2 is 1.34 bits per heavy atom. The van der Waals surface area contributed by atoms with E-state index >= 15 is 0 Å². The summed E-state index contributed by atoms with van der Waals surface area (Å²) >= 11 is 3.52. The van der Waals surface area contributed by atoms with Gasteiger partial charge in [-0.25, -0.2) is 19.0 Å². The van der Waals surface area contributed by atoms with Crippen LogP contribution in [0.4, 0.5) is 20.6 Å². The minimum Gasteiger partial charge on any atom is -0.490 e. The Morgan fingerprint density at radius 3 is 1.88 bits per heavy atom. The molecule has 0 radical (unpaired) electrons. The van der Waals surface area contributed by atoms with Crippen LogP contribution in [0.1, 0.15) is 18.1 Å². The predicted molar refractivity (Wildman–Crippen MR) is 157 cm³/mol. The predicted octanol–water partition coefficient (Wildman–Crippen LogP) is 7.15. The zero-order valence-corrected chi connectivity index (χ0v) is 23.5. The molecule has 0 aromatic heterocycles. The molecule has 0 spiro atoms. The summed E-state index contributed by atoms with van der Waals surface area (Å²) in [5.41, 5.74) is 1.70. The number of imide groups is 2. The Hall–Kier alpha value is -4.76. The lowest BCUT2D eigenvalue weighted by molar-refractivity contribution is -0.121. The van der Waals surface area contributed by atoms with E-state index in [4.69, 9.17) is 9.47 Å². The maximum atomic E-state index is 13.7. The Morgan fingerprint density at radius 1 is 0.780 bits per heavy atom. The number of rotatable bonds is 8. The molecule has 4 aromatic carbocycles. The van der Waals surface area contributed by atoms with Crippen LogP contribution in [-0.4, -0.2) is 24.5 Å². The van der Waals surface area contributed by atoms with Crippen LogP contribution in [0.15, 0.2) is 107 Å². The first-order valence-corrected chi connectivity index (χ1v) is 13.5. The van der Waals surface area contributed by atoms with Gasteiger partial charge in [-0.2, -0.15) is 0 Å². The van der Waals surface area contributed by atoms with Crippen molar-refractivity contribution in [3.05, 3.63) is 124 Å². The number of carbonyl (C=O) groups is 3. The number of para-hydroxylation sites is 2. The standard InChI is InChI=1S/C32H24BrFN2O5/c1-2-40-28-19-22(18-27(33)29(28)41-20-21-13-15-23(34)16-14-21)17-26-30(37)35(24-9-5-3-6-10-24)32(39)36(31(26)38)25-11-7-4-8-12-25/h3-19H,2,20H2,1H3. The number of nitrogens with zero attached hydrogens (tertiary/aromatic N) is 2. The van der Waals surface area contributed by atoms with E-state index in [0.717, 1.165) is 15.4 Å². The lowest BCUT2D eigenvalue weighted by atomic mass is 10.0. The molecule has 1 aliphatic rings. The molecule has 0 N–H and O–H groups in total. The Kier molecular flexibility index (Phi) is 8.26. The normalized spacial score (nSPS) is 13.4. The number of halogens is 2. The Bertz CT molecular complexity index is 1560. The number of amides is 4. The quantitative estimate of drug-likeness (QED) is 0.156. The van der Waals surface area contributed by atoms with Gasteiger partial charge in [0.25, 0.3) is 11.8 Å². The molecule has 0 aliphatic carbocycles. The number of hydrogen-bond acceptors (Lipinski definition) is 5. The number of carbonyl (C=O) groups excluding carboxylic acids is 3. The van der Waals surface area contributed by atoms with Gasteiger partial charge >= 0.3 is 6.03 Å². The van der Waals surface area contributed by atoms with Crippen molar-refractivity contribution in [3.63, 3.8) is 0 Å². The molecule has 0 atom stereocenters. The van der Waals surface area contributed by atoms with E-state index in [1.54, 1.807) is 84.9 Å². The first kappa shape index (κ1) is 27.8. The molecule has 5 rings (SSSR count). The molecule has 1 aliphatic heterocycles. The molecule has 7 nitrogen and oxygen atoms in total. The van der Waals surface area contributed by atoms with Gasteiger partial charge in [0.2, 0.25) is 0 Å². The summed E-state index contributed by atoms with van der Waals surface area (Å²) in [7, 11) is 0. The summed E-state index contributed by atoms with van der Waals surface area (Å²) in [5.74, 6) is -1.05. The van der Waals surface area contributed by atoms with Gasteiger partial charge in [0.05, 0.1) is 22.5 Å². The molecule has 0 unspecified atom stereocenters. The molecule has 41 heavy (non-hydrogen) atoms. The highest BCUT2D eigenvalue weighted by Crippen LogP contribution is 2.39. The smallest absolute Gasteiger partial charge is 0.343 e. The summed E-state index contributed by atoms with van der Waals surface area (Å²) in [6.45, 7) is 2.31. The fraction of sp³-hybridized carbons (Fsp3) is 0.0938. The van der Waals surface area contributed by atoms with Crippen LogP contribution in [0.3, 0.4) is 0 Å². The Balaban J connectivity index is 1.55. The number of ether oxygens (including phenoxy) is 2. The average molecular weight is 615 g/mol. The molecule has 4 amide bonds. The lowest BCUT2D eigenvalue weighted by Gasteiger charge is -2.34. The van der Waals surface area contributed by atoms with Crippen molar-refractivity contribution in [1.29, 1.82) is 0 Å². The van der Waals surface area contributed by atoms with Crippen LogP contribution < -0.4 is 19.3 Å². The highest BCUT2D eigenvalue weighted by Gasteiger charge is 2.43. The monoisotopic (exact) mass is 614 g/mol. The highest BCUT2D eigenvalue weighted by molar-refractivity contribution is 9.10. The largest absolute Gasteiger partial charge is 0.490 e. The third-order valence-corrected chi connectivity index (χ3v) is 6.81. The SMILES string of the molecule is CCOc1cc(C=C2C(=O)N(c3ccccc3)C(=O)N(c3ccccc3)C2=O)cc(Br)c1OCc1ccc(F)cc1. The maximum absolute atomic E-state index is 13.7. The van der Waals surface area contributed by atoms with Crippen LogP contribution in [0.2, 0.25) is 0 Å². The van der Waals surface area contributed by atoms with Crippen molar-refractivity contribution in [2.45, 2.75) is 13.5 Å². The second-order valence-electron chi connectivity index (χ2n) is 8.97. The third kappa shape index (κ3) is 5.90. The van der Waals surface area contributed by atoms with Gasteiger partial charge < -0.3 is 9.47 Å². The van der Waals surface area contributed by atoms with Crippen molar-refractivity contribution in [2.24, 2.45) is 0 Å². The summed E-state index contributed by atoms with van der Waals surface area (Å²) in [5, 5.41) is 0. The zero-order valence-electron chi connectivity index (χ0n) is 21.9. The van der Waals surface area contributed by atoms with Gasteiger partial charge in [0, 0.05) is 0 Å². The van der Waals surface area contributed by atoms with Gasteiger partial charge in [0.15, 0.2) is 11.5 Å². The van der Waals surface area contributed by atoms with Crippen molar-refractivity contribution >= 4 is 51.2 Å². The van der Waals surface area contributed by atoms with Crippen LogP contribution in [0.25, 0.3) is 6.08 Å². The van der Waals surface area contributed by atoms with Crippen LogP contribution in [-0.2, 0) is 16.2 Å². The molecule has 0 bridgehead atoms. The molecule has 1 saturated heterocycles.